The van der Waals surface area contributed by atoms with E-state index < -0.39 is 15.8 Å². The predicted octanol–water partition coefficient (Wildman–Crippen LogP) is 2.63. The van der Waals surface area contributed by atoms with Gasteiger partial charge < -0.3 is 4.90 Å². The maximum atomic E-state index is 13.3. The number of benzene rings is 1. The first-order chi connectivity index (χ1) is 12.0. The van der Waals surface area contributed by atoms with Crippen LogP contribution >= 0.6 is 0 Å². The average Bonchev–Trinajstić information content (AvgIpc) is 3.15. The number of carbonyl (C=O) groups is 1. The quantitative estimate of drug-likeness (QED) is 0.803. The molecule has 3 rings (SSSR count). The number of halogens is 1. The van der Waals surface area contributed by atoms with Crippen molar-refractivity contribution in [1.29, 1.82) is 0 Å². The Bertz CT molecular complexity index is 709. The molecule has 0 spiro atoms. The molecule has 1 aromatic rings. The number of hydrogen-bond acceptors (Lipinski definition) is 3. The number of sulfonamides is 1. The molecule has 2 heterocycles. The molecular formula is C18H25FN2O3S. The van der Waals surface area contributed by atoms with Crippen LogP contribution in [-0.2, 0) is 14.8 Å². The highest BCUT2D eigenvalue weighted by Crippen LogP contribution is 2.27. The van der Waals surface area contributed by atoms with Gasteiger partial charge in [0.25, 0.3) is 0 Å². The van der Waals surface area contributed by atoms with Gasteiger partial charge in [-0.05, 0) is 56.2 Å². The van der Waals surface area contributed by atoms with E-state index in [-0.39, 0.29) is 10.8 Å². The third kappa shape index (κ3) is 4.39. The molecule has 5 nitrogen and oxygen atoms in total. The van der Waals surface area contributed by atoms with E-state index in [0.717, 1.165) is 51.3 Å². The van der Waals surface area contributed by atoms with Crippen molar-refractivity contribution in [3.63, 3.8) is 0 Å². The minimum absolute atomic E-state index is 0.00941. The van der Waals surface area contributed by atoms with E-state index in [0.29, 0.717) is 25.4 Å². The molecule has 1 aromatic carbocycles. The van der Waals surface area contributed by atoms with Crippen LogP contribution in [0, 0.1) is 11.7 Å². The van der Waals surface area contributed by atoms with Crippen molar-refractivity contribution in [2.45, 2.75) is 43.4 Å². The van der Waals surface area contributed by atoms with Crippen molar-refractivity contribution in [2.75, 3.05) is 26.2 Å². The largest absolute Gasteiger partial charge is 0.343 e. The number of hydrogen-bond donors (Lipinski definition) is 0. The zero-order chi connectivity index (χ0) is 17.9. The molecule has 0 saturated carbocycles. The number of nitrogens with zero attached hydrogens (tertiary/aromatic N) is 2. The highest BCUT2D eigenvalue weighted by atomic mass is 32.2. The van der Waals surface area contributed by atoms with Crippen molar-refractivity contribution in [1.82, 2.24) is 9.21 Å². The maximum Gasteiger partial charge on any atom is 0.243 e. The molecule has 0 bridgehead atoms. The molecule has 2 fully saturated rings. The summed E-state index contributed by atoms with van der Waals surface area (Å²) in [6.45, 7) is 2.62. The summed E-state index contributed by atoms with van der Waals surface area (Å²) in [6, 6.07) is 5.15. The van der Waals surface area contributed by atoms with Gasteiger partial charge in [-0.1, -0.05) is 6.07 Å². The van der Waals surface area contributed by atoms with Crippen LogP contribution in [0.3, 0.4) is 0 Å². The number of carbonyl (C=O) groups excluding carboxylic acids is 1. The van der Waals surface area contributed by atoms with E-state index in [2.05, 4.69) is 0 Å². The molecule has 2 saturated heterocycles. The van der Waals surface area contributed by atoms with Gasteiger partial charge in [-0.2, -0.15) is 4.31 Å². The lowest BCUT2D eigenvalue weighted by atomic mass is 9.93. The fourth-order valence-corrected chi connectivity index (χ4v) is 5.17. The first-order valence-electron chi connectivity index (χ1n) is 9.00. The summed E-state index contributed by atoms with van der Waals surface area (Å²) in [5, 5.41) is 0. The Morgan fingerprint density at radius 1 is 1.12 bits per heavy atom. The SMILES string of the molecule is O=C(CCC1CCN(S(=O)(=O)c2cccc(F)c2)CC1)N1CCCC1. The minimum atomic E-state index is -3.63. The summed E-state index contributed by atoms with van der Waals surface area (Å²) in [7, 11) is -3.63. The normalized spacial score (nSPS) is 20.1. The van der Waals surface area contributed by atoms with Crippen LogP contribution in [0.15, 0.2) is 29.2 Å². The summed E-state index contributed by atoms with van der Waals surface area (Å²) in [5.74, 6) is 0.0641. The average molecular weight is 368 g/mol. The van der Waals surface area contributed by atoms with Crippen LogP contribution in [0.4, 0.5) is 4.39 Å². The van der Waals surface area contributed by atoms with Gasteiger partial charge in [0.1, 0.15) is 5.82 Å². The Hall–Kier alpha value is -1.47. The minimum Gasteiger partial charge on any atom is -0.343 e. The standard InChI is InChI=1S/C18H25FN2O3S/c19-16-4-3-5-17(14-16)25(23,24)21-12-8-15(9-13-21)6-7-18(22)20-10-1-2-11-20/h3-5,14-15H,1-2,6-13H2. The van der Waals surface area contributed by atoms with Crippen molar-refractivity contribution >= 4 is 15.9 Å². The van der Waals surface area contributed by atoms with Gasteiger partial charge in [0, 0.05) is 32.6 Å². The monoisotopic (exact) mass is 368 g/mol. The van der Waals surface area contributed by atoms with E-state index >= 15 is 0 Å². The Kier molecular flexibility index (Phi) is 5.74. The molecule has 25 heavy (non-hydrogen) atoms. The molecule has 0 aromatic heterocycles. The lowest BCUT2D eigenvalue weighted by Crippen LogP contribution is -2.38. The van der Waals surface area contributed by atoms with E-state index in [1.165, 1.54) is 22.5 Å². The van der Waals surface area contributed by atoms with Crippen LogP contribution in [0.5, 0.6) is 0 Å². The third-order valence-electron chi connectivity index (χ3n) is 5.23. The van der Waals surface area contributed by atoms with E-state index in [1.54, 1.807) is 0 Å². The molecule has 0 atom stereocenters. The van der Waals surface area contributed by atoms with Gasteiger partial charge in [-0.3, -0.25) is 4.79 Å². The van der Waals surface area contributed by atoms with Gasteiger partial charge in [0.05, 0.1) is 4.90 Å². The highest BCUT2D eigenvalue weighted by molar-refractivity contribution is 7.89. The molecule has 0 N–H and O–H groups in total. The second kappa shape index (κ2) is 7.83. The first kappa shape index (κ1) is 18.3. The van der Waals surface area contributed by atoms with E-state index in [1.807, 2.05) is 4.90 Å². The fraction of sp³-hybridized carbons (Fsp3) is 0.611. The summed E-state index contributed by atoms with van der Waals surface area (Å²) >= 11 is 0. The second-order valence-corrected chi connectivity index (χ2v) is 8.87. The number of amides is 1. The molecule has 2 aliphatic rings. The molecule has 0 unspecified atom stereocenters. The Balaban J connectivity index is 1.50. The van der Waals surface area contributed by atoms with Gasteiger partial charge in [-0.25, -0.2) is 12.8 Å². The molecule has 1 amide bonds. The van der Waals surface area contributed by atoms with Crippen LogP contribution in [0.2, 0.25) is 0 Å². The molecule has 0 radical (unpaired) electrons. The molecule has 2 aliphatic heterocycles. The molecular weight excluding hydrogens is 343 g/mol. The van der Waals surface area contributed by atoms with Crippen LogP contribution in [-0.4, -0.2) is 49.7 Å². The van der Waals surface area contributed by atoms with Crippen molar-refractivity contribution in [2.24, 2.45) is 5.92 Å². The summed E-state index contributed by atoms with van der Waals surface area (Å²) < 4.78 is 39.9. The van der Waals surface area contributed by atoms with Gasteiger partial charge >= 0.3 is 0 Å². The summed E-state index contributed by atoms with van der Waals surface area (Å²) in [4.78, 5) is 14.1. The topological polar surface area (TPSA) is 57.7 Å². The summed E-state index contributed by atoms with van der Waals surface area (Å²) in [5.41, 5.74) is 0. The maximum absolute atomic E-state index is 13.3. The zero-order valence-electron chi connectivity index (χ0n) is 14.4. The lowest BCUT2D eigenvalue weighted by molar-refractivity contribution is -0.130. The third-order valence-corrected chi connectivity index (χ3v) is 7.13. The van der Waals surface area contributed by atoms with Crippen LogP contribution < -0.4 is 0 Å². The molecule has 0 aliphatic carbocycles. The van der Waals surface area contributed by atoms with Gasteiger partial charge in [-0.15, -0.1) is 0 Å². The van der Waals surface area contributed by atoms with Crippen molar-refractivity contribution < 1.29 is 17.6 Å². The van der Waals surface area contributed by atoms with Crippen LogP contribution in [0.25, 0.3) is 0 Å². The number of piperidine rings is 1. The predicted molar refractivity (Wildman–Crippen MR) is 92.9 cm³/mol. The zero-order valence-corrected chi connectivity index (χ0v) is 15.2. The van der Waals surface area contributed by atoms with Crippen LogP contribution in [0.1, 0.15) is 38.5 Å². The molecule has 7 heteroatoms. The Morgan fingerprint density at radius 3 is 2.44 bits per heavy atom. The Morgan fingerprint density at radius 2 is 1.80 bits per heavy atom. The Labute approximate surface area is 148 Å². The van der Waals surface area contributed by atoms with Gasteiger partial charge in [0.2, 0.25) is 15.9 Å². The summed E-state index contributed by atoms with van der Waals surface area (Å²) in [6.07, 6.45) is 5.08. The van der Waals surface area contributed by atoms with Crippen molar-refractivity contribution in [3.8, 4) is 0 Å². The van der Waals surface area contributed by atoms with E-state index in [9.17, 15) is 17.6 Å². The fourth-order valence-electron chi connectivity index (χ4n) is 3.67. The van der Waals surface area contributed by atoms with E-state index in [4.69, 9.17) is 0 Å². The second-order valence-electron chi connectivity index (χ2n) is 6.93. The highest BCUT2D eigenvalue weighted by Gasteiger charge is 2.30. The molecule has 138 valence electrons. The number of rotatable bonds is 5. The number of likely N-dealkylation sites (tertiary alicyclic amines) is 1. The first-order valence-corrected chi connectivity index (χ1v) is 10.4. The van der Waals surface area contributed by atoms with Gasteiger partial charge in [0.15, 0.2) is 0 Å². The van der Waals surface area contributed by atoms with Crippen molar-refractivity contribution in [3.05, 3.63) is 30.1 Å². The smallest absolute Gasteiger partial charge is 0.243 e. The lowest BCUT2D eigenvalue weighted by Gasteiger charge is -2.31.